The number of hydrogen-bond acceptors (Lipinski definition) is 4. The first kappa shape index (κ1) is 15.3. The van der Waals surface area contributed by atoms with E-state index in [1.54, 1.807) is 4.90 Å². The molecule has 0 bridgehead atoms. The molecule has 6 heteroatoms. The summed E-state index contributed by atoms with van der Waals surface area (Å²) in [6.45, 7) is 2.57. The van der Waals surface area contributed by atoms with Crippen molar-refractivity contribution in [2.24, 2.45) is 0 Å². The van der Waals surface area contributed by atoms with Crippen LogP contribution in [0, 0.1) is 0 Å². The number of benzene rings is 1. The van der Waals surface area contributed by atoms with Gasteiger partial charge in [-0.05, 0) is 24.5 Å². The monoisotopic (exact) mass is 323 g/mol. The van der Waals surface area contributed by atoms with Gasteiger partial charge in [-0.1, -0.05) is 25.1 Å². The third kappa shape index (κ3) is 2.97. The predicted octanol–water partition coefficient (Wildman–Crippen LogP) is 1.42. The van der Waals surface area contributed by atoms with E-state index in [2.05, 4.69) is 0 Å². The van der Waals surface area contributed by atoms with E-state index in [9.17, 15) is 13.2 Å². The number of carbonyl (C=O) groups excluding carboxylic acids is 1. The lowest BCUT2D eigenvalue weighted by atomic mass is 10.1. The highest BCUT2D eigenvalue weighted by Crippen LogP contribution is 2.30. The molecule has 0 spiro atoms. The molecule has 2 atom stereocenters. The molecule has 3 rings (SSSR count). The van der Waals surface area contributed by atoms with Crippen molar-refractivity contribution >= 4 is 15.7 Å². The molecule has 5 nitrogen and oxygen atoms in total. The van der Waals surface area contributed by atoms with Crippen molar-refractivity contribution in [2.45, 2.75) is 38.3 Å². The van der Waals surface area contributed by atoms with E-state index in [1.807, 2.05) is 31.2 Å². The van der Waals surface area contributed by atoms with E-state index in [-0.39, 0.29) is 23.5 Å². The number of fused-ring (bicyclic) bond motifs is 1. The highest BCUT2D eigenvalue weighted by Gasteiger charge is 2.39. The summed E-state index contributed by atoms with van der Waals surface area (Å²) in [7, 11) is -3.00. The Bertz CT molecular complexity index is 645. The minimum atomic E-state index is -3.00. The molecule has 1 amide bonds. The van der Waals surface area contributed by atoms with Crippen molar-refractivity contribution in [2.75, 3.05) is 18.1 Å². The van der Waals surface area contributed by atoms with E-state index < -0.39 is 15.9 Å². The molecule has 0 aliphatic carbocycles. The van der Waals surface area contributed by atoms with Crippen molar-refractivity contribution in [1.82, 2.24) is 4.90 Å². The second kappa shape index (κ2) is 5.91. The summed E-state index contributed by atoms with van der Waals surface area (Å²) in [5.74, 6) is 0.937. The van der Waals surface area contributed by atoms with Crippen LogP contribution in [0.3, 0.4) is 0 Å². The van der Waals surface area contributed by atoms with Crippen LogP contribution < -0.4 is 4.74 Å². The third-order valence-corrected chi connectivity index (χ3v) is 6.07. The topological polar surface area (TPSA) is 63.7 Å². The van der Waals surface area contributed by atoms with Gasteiger partial charge in [0.05, 0.1) is 11.5 Å². The fourth-order valence-corrected chi connectivity index (χ4v) is 4.97. The van der Waals surface area contributed by atoms with Gasteiger partial charge < -0.3 is 9.64 Å². The van der Waals surface area contributed by atoms with Gasteiger partial charge in [-0.25, -0.2) is 8.42 Å². The first-order valence-corrected chi connectivity index (χ1v) is 9.58. The molecule has 2 heterocycles. The van der Waals surface area contributed by atoms with E-state index in [0.717, 1.165) is 17.7 Å². The molecule has 1 fully saturated rings. The largest absolute Gasteiger partial charge is 0.480 e. The zero-order valence-corrected chi connectivity index (χ0v) is 13.5. The van der Waals surface area contributed by atoms with E-state index >= 15 is 0 Å². The molecular weight excluding hydrogens is 302 g/mol. The lowest BCUT2D eigenvalue weighted by Crippen LogP contribution is -2.48. The second-order valence-electron chi connectivity index (χ2n) is 6.01. The number of rotatable bonds is 4. The van der Waals surface area contributed by atoms with Crippen molar-refractivity contribution in [3.63, 3.8) is 0 Å². The van der Waals surface area contributed by atoms with Crippen LogP contribution in [-0.2, 0) is 21.1 Å². The SMILES string of the molecule is CCCN(C(=O)C1Cc2ccccc2O1)C1CCS(=O)(=O)C1. The number of carbonyl (C=O) groups is 1. The number of hydrogen-bond donors (Lipinski definition) is 0. The molecule has 1 aromatic carbocycles. The molecular formula is C16H21NO4S. The Morgan fingerprint density at radius 3 is 2.77 bits per heavy atom. The van der Waals surface area contributed by atoms with Crippen LogP contribution in [0.25, 0.3) is 0 Å². The normalized spacial score (nSPS) is 25.5. The van der Waals surface area contributed by atoms with Crippen LogP contribution in [0.2, 0.25) is 0 Å². The molecule has 0 N–H and O–H groups in total. The first-order chi connectivity index (χ1) is 10.5. The van der Waals surface area contributed by atoms with Gasteiger partial charge in [0.2, 0.25) is 0 Å². The van der Waals surface area contributed by atoms with Crippen molar-refractivity contribution in [3.8, 4) is 5.75 Å². The molecule has 22 heavy (non-hydrogen) atoms. The van der Waals surface area contributed by atoms with E-state index in [1.165, 1.54) is 0 Å². The maximum Gasteiger partial charge on any atom is 0.264 e. The second-order valence-corrected chi connectivity index (χ2v) is 8.24. The van der Waals surface area contributed by atoms with Crippen molar-refractivity contribution in [1.29, 1.82) is 0 Å². The zero-order valence-electron chi connectivity index (χ0n) is 12.7. The van der Waals surface area contributed by atoms with Crippen molar-refractivity contribution < 1.29 is 17.9 Å². The van der Waals surface area contributed by atoms with E-state index in [0.29, 0.717) is 19.4 Å². The van der Waals surface area contributed by atoms with Crippen LogP contribution in [-0.4, -0.2) is 49.4 Å². The maximum absolute atomic E-state index is 12.8. The molecule has 0 saturated carbocycles. The summed E-state index contributed by atoms with van der Waals surface area (Å²) in [6.07, 6.45) is 1.39. The number of sulfone groups is 1. The highest BCUT2D eigenvalue weighted by atomic mass is 32.2. The minimum Gasteiger partial charge on any atom is -0.480 e. The Morgan fingerprint density at radius 2 is 2.14 bits per heavy atom. The fraction of sp³-hybridized carbons (Fsp3) is 0.562. The minimum absolute atomic E-state index is 0.0818. The average Bonchev–Trinajstić information content (AvgIpc) is 3.07. The van der Waals surface area contributed by atoms with Crippen molar-refractivity contribution in [3.05, 3.63) is 29.8 Å². The summed E-state index contributed by atoms with van der Waals surface area (Å²) < 4.78 is 29.2. The number of para-hydroxylation sites is 1. The summed E-state index contributed by atoms with van der Waals surface area (Å²) >= 11 is 0. The van der Waals surface area contributed by atoms with Crippen LogP contribution in [0.4, 0.5) is 0 Å². The van der Waals surface area contributed by atoms with Gasteiger partial charge in [0, 0.05) is 19.0 Å². The summed E-state index contributed by atoms with van der Waals surface area (Å²) in [5, 5.41) is 0. The zero-order chi connectivity index (χ0) is 15.7. The summed E-state index contributed by atoms with van der Waals surface area (Å²) in [4.78, 5) is 14.5. The van der Waals surface area contributed by atoms with Gasteiger partial charge in [-0.3, -0.25) is 4.79 Å². The molecule has 1 aromatic rings. The quantitative estimate of drug-likeness (QED) is 0.840. The summed E-state index contributed by atoms with van der Waals surface area (Å²) in [5.41, 5.74) is 1.04. The van der Waals surface area contributed by atoms with Gasteiger partial charge in [0.1, 0.15) is 5.75 Å². The van der Waals surface area contributed by atoms with Crippen LogP contribution in [0.1, 0.15) is 25.3 Å². The van der Waals surface area contributed by atoms with E-state index in [4.69, 9.17) is 4.74 Å². The van der Waals surface area contributed by atoms with Gasteiger partial charge in [-0.15, -0.1) is 0 Å². The number of nitrogens with zero attached hydrogens (tertiary/aromatic N) is 1. The number of amides is 1. The predicted molar refractivity (Wildman–Crippen MR) is 83.6 cm³/mol. The molecule has 2 unspecified atom stereocenters. The third-order valence-electron chi connectivity index (χ3n) is 4.32. The van der Waals surface area contributed by atoms with Crippen LogP contribution >= 0.6 is 0 Å². The Morgan fingerprint density at radius 1 is 1.36 bits per heavy atom. The lowest BCUT2D eigenvalue weighted by molar-refractivity contribution is -0.139. The molecule has 2 aliphatic heterocycles. The summed E-state index contributed by atoms with van der Waals surface area (Å²) in [6, 6.07) is 7.45. The highest BCUT2D eigenvalue weighted by molar-refractivity contribution is 7.91. The maximum atomic E-state index is 12.8. The Hall–Kier alpha value is -1.56. The Balaban J connectivity index is 1.74. The van der Waals surface area contributed by atoms with Gasteiger partial charge in [0.15, 0.2) is 15.9 Å². The fourth-order valence-electron chi connectivity index (χ4n) is 3.24. The van der Waals surface area contributed by atoms with Crippen LogP contribution in [0.5, 0.6) is 5.75 Å². The number of ether oxygens (including phenoxy) is 1. The van der Waals surface area contributed by atoms with Gasteiger partial charge in [-0.2, -0.15) is 0 Å². The van der Waals surface area contributed by atoms with Gasteiger partial charge >= 0.3 is 0 Å². The molecule has 0 aromatic heterocycles. The standard InChI is InChI=1S/C16H21NO4S/c1-2-8-17(13-7-9-22(19,20)11-13)16(18)15-10-12-5-3-4-6-14(12)21-15/h3-6,13,15H,2,7-11H2,1H3. The average molecular weight is 323 g/mol. The molecule has 120 valence electrons. The Kier molecular flexibility index (Phi) is 4.12. The van der Waals surface area contributed by atoms with Crippen LogP contribution in [0.15, 0.2) is 24.3 Å². The lowest BCUT2D eigenvalue weighted by Gasteiger charge is -2.30. The first-order valence-electron chi connectivity index (χ1n) is 7.75. The molecule has 0 radical (unpaired) electrons. The van der Waals surface area contributed by atoms with Gasteiger partial charge in [0.25, 0.3) is 5.91 Å². The smallest absolute Gasteiger partial charge is 0.264 e. The molecule has 2 aliphatic rings. The molecule has 1 saturated heterocycles. The Labute approximate surface area is 131 Å².